The van der Waals surface area contributed by atoms with Crippen LogP contribution in [0.3, 0.4) is 0 Å². The molecular formula is C22H23N3O4S3. The smallest absolute Gasteiger partial charge is 0.244 e. The lowest BCUT2D eigenvalue weighted by Crippen LogP contribution is -2.47. The van der Waals surface area contributed by atoms with Crippen molar-refractivity contribution in [1.82, 2.24) is 14.6 Å². The van der Waals surface area contributed by atoms with Gasteiger partial charge in [0.15, 0.2) is 0 Å². The lowest BCUT2D eigenvalue weighted by Gasteiger charge is -2.22. The number of nitrogens with zero attached hydrogens (tertiary/aromatic N) is 2. The molecule has 168 valence electrons. The van der Waals surface area contributed by atoms with Gasteiger partial charge in [-0.2, -0.15) is 4.31 Å². The molecule has 3 aromatic rings. The number of carbonyl (C=O) groups is 1. The maximum Gasteiger partial charge on any atom is 0.244 e. The topological polar surface area (TPSA) is 88.6 Å². The van der Waals surface area contributed by atoms with E-state index < -0.39 is 16.1 Å². The summed E-state index contributed by atoms with van der Waals surface area (Å²) in [6, 6.07) is 15.4. The Kier molecular flexibility index (Phi) is 7.14. The number of thiazole rings is 1. The van der Waals surface area contributed by atoms with E-state index in [9.17, 15) is 13.2 Å². The normalized spacial score (nSPS) is 16.7. The van der Waals surface area contributed by atoms with Gasteiger partial charge >= 0.3 is 0 Å². The second kappa shape index (κ2) is 10.0. The summed E-state index contributed by atoms with van der Waals surface area (Å²) in [6.45, 7) is 0.397. The van der Waals surface area contributed by atoms with Crippen LogP contribution in [-0.4, -0.2) is 54.9 Å². The molecule has 7 nitrogen and oxygen atoms in total. The number of aromatic nitrogens is 1. The molecule has 1 aliphatic heterocycles. The molecule has 0 saturated carbocycles. The van der Waals surface area contributed by atoms with Crippen LogP contribution in [0, 0.1) is 0 Å². The molecule has 0 aliphatic carbocycles. The van der Waals surface area contributed by atoms with Crippen molar-refractivity contribution in [3.8, 4) is 16.3 Å². The Balaban J connectivity index is 1.36. The first-order valence-corrected chi connectivity index (χ1v) is 13.5. The van der Waals surface area contributed by atoms with Gasteiger partial charge in [-0.25, -0.2) is 13.4 Å². The summed E-state index contributed by atoms with van der Waals surface area (Å²) in [6.07, 6.45) is 0.583. The Labute approximate surface area is 195 Å². The van der Waals surface area contributed by atoms with E-state index in [0.717, 1.165) is 16.3 Å². The zero-order chi connectivity index (χ0) is 22.6. The first kappa shape index (κ1) is 22.8. The van der Waals surface area contributed by atoms with E-state index in [2.05, 4.69) is 10.3 Å². The SMILES string of the molecule is COc1ccc(S(=O)(=O)N2CSC[C@@H]2C(=O)NCCc2csc(-c3ccccc3)n2)cc1. The van der Waals surface area contributed by atoms with E-state index in [1.807, 2.05) is 35.7 Å². The third-order valence-electron chi connectivity index (χ3n) is 5.06. The molecule has 1 N–H and O–H groups in total. The quantitative estimate of drug-likeness (QED) is 0.523. The van der Waals surface area contributed by atoms with Crippen LogP contribution in [0.4, 0.5) is 0 Å². The molecule has 32 heavy (non-hydrogen) atoms. The van der Waals surface area contributed by atoms with Crippen LogP contribution >= 0.6 is 23.1 Å². The van der Waals surface area contributed by atoms with E-state index in [-0.39, 0.29) is 16.7 Å². The first-order valence-electron chi connectivity index (χ1n) is 10.0. The van der Waals surface area contributed by atoms with Crippen molar-refractivity contribution in [2.75, 3.05) is 25.3 Å². The molecule has 1 aromatic heterocycles. The molecule has 0 bridgehead atoms. The Hall–Kier alpha value is -2.40. The molecule has 1 atom stereocenters. The van der Waals surface area contributed by atoms with Gasteiger partial charge < -0.3 is 10.1 Å². The van der Waals surface area contributed by atoms with Crippen LogP contribution < -0.4 is 10.1 Å². The number of methoxy groups -OCH3 is 1. The van der Waals surface area contributed by atoms with Gasteiger partial charge in [-0.15, -0.1) is 23.1 Å². The molecule has 0 unspecified atom stereocenters. The van der Waals surface area contributed by atoms with Crippen LogP contribution in [0.15, 0.2) is 64.9 Å². The minimum Gasteiger partial charge on any atom is -0.497 e. The third-order valence-corrected chi connectivity index (χ3v) is 9.05. The molecule has 1 fully saturated rings. The highest BCUT2D eigenvalue weighted by atomic mass is 32.2. The van der Waals surface area contributed by atoms with E-state index in [1.165, 1.54) is 35.3 Å². The minimum atomic E-state index is -3.78. The zero-order valence-electron chi connectivity index (χ0n) is 17.4. The summed E-state index contributed by atoms with van der Waals surface area (Å²) >= 11 is 3.00. The summed E-state index contributed by atoms with van der Waals surface area (Å²) in [5, 5.41) is 5.81. The molecule has 0 radical (unpaired) electrons. The van der Waals surface area contributed by atoms with Crippen molar-refractivity contribution in [2.45, 2.75) is 17.4 Å². The summed E-state index contributed by atoms with van der Waals surface area (Å²) in [7, 11) is -2.25. The van der Waals surface area contributed by atoms with Crippen LogP contribution in [-0.2, 0) is 21.2 Å². The standard InChI is InChI=1S/C22H23N3O4S3/c1-29-18-7-9-19(10-8-18)32(27,28)25-15-30-14-20(25)21(26)23-12-11-17-13-31-22(24-17)16-5-3-2-4-6-16/h2-10,13,20H,11-12,14-15H2,1H3,(H,23,26)/t20-/m1/s1. The Bertz CT molecular complexity index is 1160. The number of carbonyl (C=O) groups excluding carboxylic acids is 1. The van der Waals surface area contributed by atoms with Crippen molar-refractivity contribution in [3.63, 3.8) is 0 Å². The maximum absolute atomic E-state index is 13.1. The van der Waals surface area contributed by atoms with E-state index in [1.54, 1.807) is 23.5 Å². The Morgan fingerprint density at radius 3 is 2.66 bits per heavy atom. The fraction of sp³-hybridized carbons (Fsp3) is 0.273. The van der Waals surface area contributed by atoms with E-state index >= 15 is 0 Å². The predicted molar refractivity (Wildman–Crippen MR) is 127 cm³/mol. The lowest BCUT2D eigenvalue weighted by atomic mass is 10.2. The van der Waals surface area contributed by atoms with Crippen LogP contribution in [0.1, 0.15) is 5.69 Å². The number of rotatable bonds is 8. The molecule has 0 spiro atoms. The number of benzene rings is 2. The van der Waals surface area contributed by atoms with Crippen molar-refractivity contribution in [3.05, 3.63) is 65.7 Å². The zero-order valence-corrected chi connectivity index (χ0v) is 19.9. The van der Waals surface area contributed by atoms with Gasteiger partial charge in [-0.05, 0) is 24.3 Å². The third kappa shape index (κ3) is 4.98. The van der Waals surface area contributed by atoms with Crippen LogP contribution in [0.5, 0.6) is 5.75 Å². The van der Waals surface area contributed by atoms with Gasteiger partial charge in [0, 0.05) is 29.7 Å². The molecular weight excluding hydrogens is 466 g/mol. The molecule has 4 rings (SSSR count). The summed E-state index contributed by atoms with van der Waals surface area (Å²) in [4.78, 5) is 17.6. The number of amides is 1. The number of ether oxygens (including phenoxy) is 1. The highest BCUT2D eigenvalue weighted by molar-refractivity contribution is 8.00. The molecule has 2 aromatic carbocycles. The van der Waals surface area contributed by atoms with Gasteiger partial charge in [0.05, 0.1) is 23.6 Å². The summed E-state index contributed by atoms with van der Waals surface area (Å²) in [5.41, 5.74) is 1.97. The second-order valence-electron chi connectivity index (χ2n) is 7.13. The Morgan fingerprint density at radius 1 is 1.19 bits per heavy atom. The molecule has 1 saturated heterocycles. The van der Waals surface area contributed by atoms with Crippen molar-refractivity contribution < 1.29 is 17.9 Å². The highest BCUT2D eigenvalue weighted by Crippen LogP contribution is 2.29. The summed E-state index contributed by atoms with van der Waals surface area (Å²) < 4.78 is 32.5. The van der Waals surface area contributed by atoms with Crippen molar-refractivity contribution in [2.24, 2.45) is 0 Å². The van der Waals surface area contributed by atoms with Crippen LogP contribution in [0.25, 0.3) is 10.6 Å². The molecule has 1 amide bonds. The first-order chi connectivity index (χ1) is 15.5. The van der Waals surface area contributed by atoms with Gasteiger partial charge in [0.2, 0.25) is 15.9 Å². The fourth-order valence-corrected chi connectivity index (χ4v) is 7.33. The van der Waals surface area contributed by atoms with Crippen LogP contribution in [0.2, 0.25) is 0 Å². The largest absolute Gasteiger partial charge is 0.497 e. The van der Waals surface area contributed by atoms with Crippen molar-refractivity contribution in [1.29, 1.82) is 0 Å². The van der Waals surface area contributed by atoms with E-state index in [0.29, 0.717) is 24.5 Å². The monoisotopic (exact) mass is 489 g/mol. The Morgan fingerprint density at radius 2 is 1.94 bits per heavy atom. The van der Waals surface area contributed by atoms with Gasteiger partial charge in [-0.1, -0.05) is 30.3 Å². The van der Waals surface area contributed by atoms with E-state index in [4.69, 9.17) is 4.74 Å². The highest BCUT2D eigenvalue weighted by Gasteiger charge is 2.39. The molecule has 10 heteroatoms. The average molecular weight is 490 g/mol. The van der Waals surface area contributed by atoms with Gasteiger partial charge in [0.1, 0.15) is 16.8 Å². The van der Waals surface area contributed by atoms with Gasteiger partial charge in [-0.3, -0.25) is 4.79 Å². The summed E-state index contributed by atoms with van der Waals surface area (Å²) in [5.74, 6) is 0.965. The second-order valence-corrected chi connectivity index (χ2v) is 10.9. The molecule has 1 aliphatic rings. The fourth-order valence-electron chi connectivity index (χ4n) is 3.32. The minimum absolute atomic E-state index is 0.148. The predicted octanol–water partition coefficient (Wildman–Crippen LogP) is 3.24. The molecule has 2 heterocycles. The number of nitrogens with one attached hydrogen (secondary N) is 1. The van der Waals surface area contributed by atoms with Crippen molar-refractivity contribution >= 4 is 39.0 Å². The van der Waals surface area contributed by atoms with Gasteiger partial charge in [0.25, 0.3) is 0 Å². The number of hydrogen-bond donors (Lipinski definition) is 1. The number of hydrogen-bond acceptors (Lipinski definition) is 7. The lowest BCUT2D eigenvalue weighted by molar-refractivity contribution is -0.123. The maximum atomic E-state index is 13.1. The number of thioether (sulfide) groups is 1. The number of sulfonamides is 1. The average Bonchev–Trinajstić information content (AvgIpc) is 3.50.